The van der Waals surface area contributed by atoms with Crippen molar-refractivity contribution < 1.29 is 4.74 Å². The van der Waals surface area contributed by atoms with Crippen molar-refractivity contribution in [1.29, 1.82) is 0 Å². The van der Waals surface area contributed by atoms with Crippen LogP contribution >= 0.6 is 11.6 Å². The Labute approximate surface area is 118 Å². The van der Waals surface area contributed by atoms with Gasteiger partial charge < -0.3 is 10.5 Å². The molecule has 0 radical (unpaired) electrons. The molecule has 100 valence electrons. The Morgan fingerprint density at radius 1 is 1.11 bits per heavy atom. The van der Waals surface area contributed by atoms with Gasteiger partial charge in [0, 0.05) is 18.8 Å². The number of nitrogens with zero attached hydrogens (tertiary/aromatic N) is 1. The Morgan fingerprint density at radius 3 is 2.63 bits per heavy atom. The fourth-order valence-electron chi connectivity index (χ4n) is 1.89. The minimum absolute atomic E-state index is 0.584. The molecule has 0 unspecified atom stereocenters. The van der Waals surface area contributed by atoms with Crippen molar-refractivity contribution in [3.05, 3.63) is 58.9 Å². The third kappa shape index (κ3) is 3.94. The van der Waals surface area contributed by atoms with E-state index in [1.165, 1.54) is 5.56 Å². The summed E-state index contributed by atoms with van der Waals surface area (Å²) in [6, 6.07) is 9.72. The summed E-state index contributed by atoms with van der Waals surface area (Å²) in [5.74, 6) is 0.753. The Hall–Kier alpha value is -1.58. The lowest BCUT2D eigenvalue weighted by Crippen LogP contribution is -2.07. The van der Waals surface area contributed by atoms with Crippen molar-refractivity contribution in [3.63, 3.8) is 0 Å². The second-order valence-corrected chi connectivity index (χ2v) is 4.63. The molecule has 0 spiro atoms. The summed E-state index contributed by atoms with van der Waals surface area (Å²) < 4.78 is 5.82. The average molecular weight is 277 g/mol. The van der Waals surface area contributed by atoms with E-state index in [0.717, 1.165) is 24.2 Å². The van der Waals surface area contributed by atoms with Gasteiger partial charge in [-0.25, -0.2) is 0 Å². The number of aromatic nitrogens is 1. The zero-order valence-corrected chi connectivity index (χ0v) is 11.4. The van der Waals surface area contributed by atoms with E-state index >= 15 is 0 Å². The van der Waals surface area contributed by atoms with E-state index < -0.39 is 0 Å². The zero-order chi connectivity index (χ0) is 13.5. The molecular formula is C15H17ClN2O. The first kappa shape index (κ1) is 13.8. The van der Waals surface area contributed by atoms with Crippen molar-refractivity contribution in [1.82, 2.24) is 4.98 Å². The molecule has 0 saturated carbocycles. The van der Waals surface area contributed by atoms with Crippen LogP contribution in [0.15, 0.2) is 42.7 Å². The van der Waals surface area contributed by atoms with E-state index in [-0.39, 0.29) is 0 Å². The zero-order valence-electron chi connectivity index (χ0n) is 10.7. The average Bonchev–Trinajstić information content (AvgIpc) is 2.43. The van der Waals surface area contributed by atoms with Crippen LogP contribution in [0.1, 0.15) is 11.1 Å². The van der Waals surface area contributed by atoms with E-state index in [1.807, 2.05) is 30.3 Å². The van der Waals surface area contributed by atoms with Crippen molar-refractivity contribution >= 4 is 11.6 Å². The maximum Gasteiger partial charge on any atom is 0.141 e. The molecule has 2 aromatic rings. The number of halogens is 1. The Balaban J connectivity index is 1.99. The van der Waals surface area contributed by atoms with Gasteiger partial charge >= 0.3 is 0 Å². The van der Waals surface area contributed by atoms with Crippen LogP contribution in [0.25, 0.3) is 0 Å². The number of para-hydroxylation sites is 1. The molecule has 1 aromatic heterocycles. The molecule has 1 heterocycles. The number of ether oxygens (including phenoxy) is 1. The summed E-state index contributed by atoms with van der Waals surface area (Å²) in [5.41, 5.74) is 7.85. The Bertz CT molecular complexity index is 517. The summed E-state index contributed by atoms with van der Waals surface area (Å²) in [6.45, 7) is 1.17. The van der Waals surface area contributed by atoms with E-state index in [2.05, 4.69) is 4.98 Å². The first-order chi connectivity index (χ1) is 9.31. The van der Waals surface area contributed by atoms with Gasteiger partial charge in [-0.1, -0.05) is 23.7 Å². The summed E-state index contributed by atoms with van der Waals surface area (Å²) >= 11 is 6.17. The lowest BCUT2D eigenvalue weighted by molar-refractivity contribution is 0.319. The van der Waals surface area contributed by atoms with E-state index in [0.29, 0.717) is 18.2 Å². The van der Waals surface area contributed by atoms with Gasteiger partial charge in [-0.3, -0.25) is 4.98 Å². The number of nitrogens with two attached hydrogens (primary N) is 1. The third-order valence-electron chi connectivity index (χ3n) is 2.85. The largest absolute Gasteiger partial charge is 0.491 e. The molecule has 0 amide bonds. The molecule has 2 N–H and O–H groups in total. The molecule has 0 bridgehead atoms. The van der Waals surface area contributed by atoms with Crippen LogP contribution in [-0.4, -0.2) is 18.1 Å². The maximum atomic E-state index is 6.17. The molecule has 0 atom stereocenters. The number of pyridine rings is 1. The Morgan fingerprint density at radius 2 is 1.89 bits per heavy atom. The summed E-state index contributed by atoms with van der Waals surface area (Å²) in [7, 11) is 0. The van der Waals surface area contributed by atoms with E-state index in [4.69, 9.17) is 22.1 Å². The minimum atomic E-state index is 0.584. The molecule has 0 aliphatic rings. The van der Waals surface area contributed by atoms with Gasteiger partial charge in [0.25, 0.3) is 0 Å². The molecule has 2 rings (SSSR count). The van der Waals surface area contributed by atoms with Gasteiger partial charge in [-0.05, 0) is 42.3 Å². The van der Waals surface area contributed by atoms with Gasteiger partial charge in [-0.15, -0.1) is 0 Å². The molecule has 0 fully saturated rings. The van der Waals surface area contributed by atoms with E-state index in [1.54, 1.807) is 12.4 Å². The predicted octanol–water partition coefficient (Wildman–Crippen LogP) is 2.86. The van der Waals surface area contributed by atoms with Crippen LogP contribution < -0.4 is 10.5 Å². The van der Waals surface area contributed by atoms with Gasteiger partial charge in [0.15, 0.2) is 0 Å². The van der Waals surface area contributed by atoms with Crippen molar-refractivity contribution in [2.75, 3.05) is 13.2 Å². The van der Waals surface area contributed by atoms with E-state index in [9.17, 15) is 0 Å². The normalized spacial score (nSPS) is 10.4. The summed E-state index contributed by atoms with van der Waals surface area (Å²) in [4.78, 5) is 3.99. The highest BCUT2D eigenvalue weighted by atomic mass is 35.5. The summed E-state index contributed by atoms with van der Waals surface area (Å²) in [5, 5.41) is 0.640. The topological polar surface area (TPSA) is 48.1 Å². The SMILES string of the molecule is NCCc1cccc(Cl)c1OCCc1ccncc1. The molecule has 1 aromatic carbocycles. The number of hydrogen-bond acceptors (Lipinski definition) is 3. The molecule has 0 saturated heterocycles. The number of rotatable bonds is 6. The highest BCUT2D eigenvalue weighted by molar-refractivity contribution is 6.32. The van der Waals surface area contributed by atoms with Crippen LogP contribution in [-0.2, 0) is 12.8 Å². The molecule has 0 aliphatic heterocycles. The fraction of sp³-hybridized carbons (Fsp3) is 0.267. The monoisotopic (exact) mass is 276 g/mol. The molecule has 4 heteroatoms. The van der Waals surface area contributed by atoms with Gasteiger partial charge in [0.05, 0.1) is 11.6 Å². The molecule has 0 aliphatic carbocycles. The van der Waals surface area contributed by atoms with Gasteiger partial charge in [0.1, 0.15) is 5.75 Å². The third-order valence-corrected chi connectivity index (χ3v) is 3.15. The Kier molecular flexibility index (Phi) is 5.19. The maximum absolute atomic E-state index is 6.17. The van der Waals surface area contributed by atoms with Crippen molar-refractivity contribution in [2.24, 2.45) is 5.73 Å². The molecule has 3 nitrogen and oxygen atoms in total. The lowest BCUT2D eigenvalue weighted by Gasteiger charge is -2.12. The molecular weight excluding hydrogens is 260 g/mol. The highest BCUT2D eigenvalue weighted by Crippen LogP contribution is 2.29. The van der Waals surface area contributed by atoms with Crippen LogP contribution in [0.5, 0.6) is 5.75 Å². The van der Waals surface area contributed by atoms with Gasteiger partial charge in [-0.2, -0.15) is 0 Å². The standard InChI is InChI=1S/C15H17ClN2O/c16-14-3-1-2-13(4-8-17)15(14)19-11-7-12-5-9-18-10-6-12/h1-3,5-6,9-10H,4,7-8,11,17H2. The van der Waals surface area contributed by atoms with Crippen LogP contribution in [0.4, 0.5) is 0 Å². The van der Waals surface area contributed by atoms with Crippen molar-refractivity contribution in [2.45, 2.75) is 12.8 Å². The quantitative estimate of drug-likeness (QED) is 0.883. The second-order valence-electron chi connectivity index (χ2n) is 4.22. The van der Waals surface area contributed by atoms with Crippen molar-refractivity contribution in [3.8, 4) is 5.75 Å². The highest BCUT2D eigenvalue weighted by Gasteiger charge is 2.07. The second kappa shape index (κ2) is 7.12. The summed E-state index contributed by atoms with van der Waals surface area (Å²) in [6.07, 6.45) is 5.16. The van der Waals surface area contributed by atoms with Crippen LogP contribution in [0.3, 0.4) is 0 Å². The minimum Gasteiger partial charge on any atom is -0.491 e. The predicted molar refractivity (Wildman–Crippen MR) is 77.6 cm³/mol. The number of hydrogen-bond donors (Lipinski definition) is 1. The lowest BCUT2D eigenvalue weighted by atomic mass is 10.1. The molecule has 19 heavy (non-hydrogen) atoms. The first-order valence-electron chi connectivity index (χ1n) is 6.30. The van der Waals surface area contributed by atoms with Crippen LogP contribution in [0.2, 0.25) is 5.02 Å². The number of benzene rings is 1. The first-order valence-corrected chi connectivity index (χ1v) is 6.68. The smallest absolute Gasteiger partial charge is 0.141 e. The van der Waals surface area contributed by atoms with Gasteiger partial charge in [0.2, 0.25) is 0 Å². The fourth-order valence-corrected chi connectivity index (χ4v) is 2.14. The van der Waals surface area contributed by atoms with Crippen LogP contribution in [0, 0.1) is 0 Å².